The fourth-order valence-corrected chi connectivity index (χ4v) is 4.39. The minimum Gasteiger partial charge on any atom is -0.357 e. The molecule has 1 saturated carbocycles. The van der Waals surface area contributed by atoms with E-state index in [-0.39, 0.29) is 11.9 Å². The van der Waals surface area contributed by atoms with E-state index in [4.69, 9.17) is 0 Å². The molecule has 6 heteroatoms. The number of carbonyl (C=O) groups excluding carboxylic acids is 3. The molecule has 0 saturated heterocycles. The van der Waals surface area contributed by atoms with Crippen LogP contribution in [0.25, 0.3) is 10.8 Å². The monoisotopic (exact) mass is 423 g/mol. The number of carbonyl (C=O) groups is 3. The number of benzene rings is 2. The Morgan fingerprint density at radius 3 is 2.10 bits per heavy atom. The van der Waals surface area contributed by atoms with Crippen molar-refractivity contribution >= 4 is 28.5 Å². The SMILES string of the molecule is CNC(=O)C(C)(C(=O)NC(C)(C)C)N(C(=O)c1ccc2ccccc2c1)C1CCCC1. The second-order valence-electron chi connectivity index (χ2n) is 9.53. The Kier molecular flexibility index (Phi) is 6.39. The first-order valence-electron chi connectivity index (χ1n) is 10.9. The van der Waals surface area contributed by atoms with E-state index in [9.17, 15) is 14.4 Å². The van der Waals surface area contributed by atoms with Crippen molar-refractivity contribution in [2.75, 3.05) is 7.05 Å². The molecule has 166 valence electrons. The third-order valence-electron chi connectivity index (χ3n) is 5.99. The van der Waals surface area contributed by atoms with Gasteiger partial charge >= 0.3 is 0 Å². The van der Waals surface area contributed by atoms with Crippen molar-refractivity contribution in [3.05, 3.63) is 48.0 Å². The van der Waals surface area contributed by atoms with Crippen molar-refractivity contribution in [2.45, 2.75) is 70.5 Å². The van der Waals surface area contributed by atoms with Gasteiger partial charge in [0, 0.05) is 24.2 Å². The van der Waals surface area contributed by atoms with E-state index in [1.165, 1.54) is 11.9 Å². The average molecular weight is 424 g/mol. The van der Waals surface area contributed by atoms with Crippen molar-refractivity contribution in [1.82, 2.24) is 15.5 Å². The molecule has 2 aromatic carbocycles. The summed E-state index contributed by atoms with van der Waals surface area (Å²) in [6.07, 6.45) is 3.48. The molecular formula is C25H33N3O3. The van der Waals surface area contributed by atoms with Crippen LogP contribution in [0.4, 0.5) is 0 Å². The van der Waals surface area contributed by atoms with E-state index >= 15 is 0 Å². The lowest BCUT2D eigenvalue weighted by atomic mass is 9.91. The molecule has 0 radical (unpaired) electrons. The van der Waals surface area contributed by atoms with Gasteiger partial charge in [0.05, 0.1) is 0 Å². The first-order chi connectivity index (χ1) is 14.6. The molecule has 2 aromatic rings. The predicted molar refractivity (Wildman–Crippen MR) is 123 cm³/mol. The van der Waals surface area contributed by atoms with Crippen LogP contribution >= 0.6 is 0 Å². The van der Waals surface area contributed by atoms with Crippen LogP contribution in [-0.2, 0) is 9.59 Å². The lowest BCUT2D eigenvalue weighted by Gasteiger charge is -2.43. The standard InChI is InChI=1S/C25H33N3O3/c1-24(2,3)27-23(31)25(4,22(30)26-5)28(20-12-8-9-13-20)21(29)19-15-14-17-10-6-7-11-18(17)16-19/h6-7,10-11,14-16,20H,8-9,12-13H2,1-5H3,(H,26,30)(H,27,31). The smallest absolute Gasteiger partial charge is 0.255 e. The van der Waals surface area contributed by atoms with Crippen LogP contribution in [0.2, 0.25) is 0 Å². The number of hydrogen-bond acceptors (Lipinski definition) is 3. The average Bonchev–Trinajstić information content (AvgIpc) is 3.25. The van der Waals surface area contributed by atoms with Crippen LogP contribution < -0.4 is 10.6 Å². The highest BCUT2D eigenvalue weighted by Gasteiger charge is 2.52. The van der Waals surface area contributed by atoms with Gasteiger partial charge in [0.2, 0.25) is 0 Å². The van der Waals surface area contributed by atoms with Crippen LogP contribution in [0.1, 0.15) is 63.7 Å². The maximum absolute atomic E-state index is 13.9. The number of nitrogens with one attached hydrogen (secondary N) is 2. The molecule has 3 amide bonds. The Labute approximate surface area is 184 Å². The van der Waals surface area contributed by atoms with Crippen molar-refractivity contribution in [3.63, 3.8) is 0 Å². The van der Waals surface area contributed by atoms with Gasteiger partial charge < -0.3 is 15.5 Å². The molecule has 0 aliphatic heterocycles. The number of hydrogen-bond donors (Lipinski definition) is 2. The molecule has 0 spiro atoms. The topological polar surface area (TPSA) is 78.5 Å². The normalized spacial score (nSPS) is 16.5. The Morgan fingerprint density at radius 1 is 0.903 bits per heavy atom. The second kappa shape index (κ2) is 8.69. The zero-order valence-electron chi connectivity index (χ0n) is 19.1. The molecule has 2 N–H and O–H groups in total. The van der Waals surface area contributed by atoms with Gasteiger partial charge in [0.1, 0.15) is 0 Å². The van der Waals surface area contributed by atoms with Gasteiger partial charge in [-0.25, -0.2) is 0 Å². The molecule has 1 unspecified atom stereocenters. The molecule has 1 aliphatic rings. The zero-order valence-corrected chi connectivity index (χ0v) is 19.1. The zero-order chi connectivity index (χ0) is 22.8. The van der Waals surface area contributed by atoms with E-state index < -0.39 is 22.9 Å². The summed E-state index contributed by atoms with van der Waals surface area (Å²) in [5.74, 6) is -1.26. The highest BCUT2D eigenvalue weighted by Crippen LogP contribution is 2.32. The van der Waals surface area contributed by atoms with Gasteiger partial charge in [-0.1, -0.05) is 43.2 Å². The lowest BCUT2D eigenvalue weighted by molar-refractivity contribution is -0.145. The number of likely N-dealkylation sites (N-methyl/N-ethyl adjacent to an activating group) is 1. The van der Waals surface area contributed by atoms with Crippen LogP contribution in [-0.4, -0.2) is 46.8 Å². The third kappa shape index (κ3) is 4.58. The Bertz CT molecular complexity index is 989. The van der Waals surface area contributed by atoms with Crippen LogP contribution in [0, 0.1) is 0 Å². The lowest BCUT2D eigenvalue weighted by Crippen LogP contribution is -2.69. The molecule has 3 rings (SSSR count). The van der Waals surface area contributed by atoms with E-state index in [1.54, 1.807) is 13.0 Å². The van der Waals surface area contributed by atoms with Crippen LogP contribution in [0.3, 0.4) is 0 Å². The van der Waals surface area contributed by atoms with Crippen LogP contribution in [0.5, 0.6) is 0 Å². The fourth-order valence-electron chi connectivity index (χ4n) is 4.39. The molecule has 1 atom stereocenters. The number of nitrogens with zero attached hydrogens (tertiary/aromatic N) is 1. The molecule has 31 heavy (non-hydrogen) atoms. The summed E-state index contributed by atoms with van der Waals surface area (Å²) in [5.41, 5.74) is -1.73. The summed E-state index contributed by atoms with van der Waals surface area (Å²) in [4.78, 5) is 42.0. The minimum atomic E-state index is -1.67. The highest BCUT2D eigenvalue weighted by molar-refractivity contribution is 6.13. The predicted octanol–water partition coefficient (Wildman–Crippen LogP) is 3.64. The molecule has 1 aliphatic carbocycles. The summed E-state index contributed by atoms with van der Waals surface area (Å²) in [6.45, 7) is 7.14. The van der Waals surface area contributed by atoms with E-state index in [0.717, 1.165) is 36.5 Å². The van der Waals surface area contributed by atoms with Gasteiger partial charge in [-0.05, 0) is 63.4 Å². The van der Waals surface area contributed by atoms with Gasteiger partial charge in [0.25, 0.3) is 17.7 Å². The summed E-state index contributed by atoms with van der Waals surface area (Å²) in [5, 5.41) is 7.52. The summed E-state index contributed by atoms with van der Waals surface area (Å²) >= 11 is 0. The molecular weight excluding hydrogens is 390 g/mol. The Morgan fingerprint density at radius 2 is 1.52 bits per heavy atom. The van der Waals surface area contributed by atoms with Crippen molar-refractivity contribution in [3.8, 4) is 0 Å². The molecule has 6 nitrogen and oxygen atoms in total. The molecule has 0 heterocycles. The van der Waals surface area contributed by atoms with E-state index in [0.29, 0.717) is 5.56 Å². The summed E-state index contributed by atoms with van der Waals surface area (Å²) < 4.78 is 0. The van der Waals surface area contributed by atoms with E-state index in [2.05, 4.69) is 10.6 Å². The Balaban J connectivity index is 2.11. The maximum Gasteiger partial charge on any atom is 0.255 e. The minimum absolute atomic E-state index is 0.174. The third-order valence-corrected chi connectivity index (χ3v) is 5.99. The number of rotatable bonds is 5. The summed E-state index contributed by atoms with van der Waals surface area (Å²) in [6, 6.07) is 13.2. The first-order valence-corrected chi connectivity index (χ1v) is 10.9. The molecule has 0 aromatic heterocycles. The second-order valence-corrected chi connectivity index (χ2v) is 9.53. The maximum atomic E-state index is 13.9. The summed E-state index contributed by atoms with van der Waals surface area (Å²) in [7, 11) is 1.50. The Hall–Kier alpha value is -2.89. The number of amides is 3. The van der Waals surface area contributed by atoms with Gasteiger partial charge in [-0.15, -0.1) is 0 Å². The van der Waals surface area contributed by atoms with Crippen molar-refractivity contribution < 1.29 is 14.4 Å². The van der Waals surface area contributed by atoms with E-state index in [1.807, 2.05) is 57.2 Å². The highest BCUT2D eigenvalue weighted by atomic mass is 16.2. The fraction of sp³-hybridized carbons (Fsp3) is 0.480. The van der Waals surface area contributed by atoms with Gasteiger partial charge in [-0.3, -0.25) is 14.4 Å². The van der Waals surface area contributed by atoms with Gasteiger partial charge in [0.15, 0.2) is 5.54 Å². The largest absolute Gasteiger partial charge is 0.357 e. The molecule has 0 bridgehead atoms. The van der Waals surface area contributed by atoms with Gasteiger partial charge in [-0.2, -0.15) is 0 Å². The first kappa shape index (κ1) is 22.8. The van der Waals surface area contributed by atoms with Crippen molar-refractivity contribution in [1.29, 1.82) is 0 Å². The van der Waals surface area contributed by atoms with Crippen LogP contribution in [0.15, 0.2) is 42.5 Å². The molecule has 1 fully saturated rings. The quantitative estimate of drug-likeness (QED) is 0.721. The van der Waals surface area contributed by atoms with Crippen molar-refractivity contribution in [2.24, 2.45) is 0 Å². The number of fused-ring (bicyclic) bond motifs is 1.